The highest BCUT2D eigenvalue weighted by atomic mass is 19.1. The molecule has 0 bridgehead atoms. The number of halogens is 1. The predicted octanol–water partition coefficient (Wildman–Crippen LogP) is 4.25. The number of amides is 2. The van der Waals surface area contributed by atoms with Crippen LogP contribution in [0, 0.1) is 11.7 Å². The molecule has 2 N–H and O–H groups in total. The Balaban J connectivity index is 1.75. The zero-order valence-corrected chi connectivity index (χ0v) is 18.0. The molecule has 0 spiro atoms. The van der Waals surface area contributed by atoms with Crippen molar-refractivity contribution in [1.82, 2.24) is 10.7 Å². The molecule has 3 rings (SSSR count). The van der Waals surface area contributed by atoms with E-state index in [1.807, 2.05) is 74.5 Å². The van der Waals surface area contributed by atoms with Crippen LogP contribution in [-0.4, -0.2) is 24.1 Å². The van der Waals surface area contributed by atoms with Crippen molar-refractivity contribution in [1.29, 1.82) is 0 Å². The lowest BCUT2D eigenvalue weighted by molar-refractivity contribution is -0.130. The van der Waals surface area contributed by atoms with Crippen molar-refractivity contribution in [3.8, 4) is 0 Å². The second-order valence-corrected chi connectivity index (χ2v) is 7.77. The summed E-state index contributed by atoms with van der Waals surface area (Å²) >= 11 is 0. The molecule has 6 heteroatoms. The van der Waals surface area contributed by atoms with Gasteiger partial charge in [-0.1, -0.05) is 86.6 Å². The van der Waals surface area contributed by atoms with Crippen LogP contribution in [0.3, 0.4) is 0 Å². The van der Waals surface area contributed by atoms with Crippen molar-refractivity contribution < 1.29 is 14.0 Å². The Labute approximate surface area is 187 Å². The Kier molecular flexibility index (Phi) is 7.86. The number of hydrogen-bond donors (Lipinski definition) is 2. The summed E-state index contributed by atoms with van der Waals surface area (Å²) in [5.74, 6) is -1.74. The number of rotatable bonds is 8. The maximum absolute atomic E-state index is 13.3. The van der Waals surface area contributed by atoms with Crippen molar-refractivity contribution in [2.24, 2.45) is 11.0 Å². The van der Waals surface area contributed by atoms with Crippen molar-refractivity contribution in [2.45, 2.75) is 25.8 Å². The summed E-state index contributed by atoms with van der Waals surface area (Å²) in [6.45, 7) is 3.71. The molecule has 0 fully saturated rings. The summed E-state index contributed by atoms with van der Waals surface area (Å²) in [6.07, 6.45) is 1.42. The predicted molar refractivity (Wildman–Crippen MR) is 124 cm³/mol. The molecule has 0 aliphatic heterocycles. The lowest BCUT2D eigenvalue weighted by Gasteiger charge is -2.24. The average Bonchev–Trinajstić information content (AvgIpc) is 2.80. The smallest absolute Gasteiger partial charge is 0.262 e. The van der Waals surface area contributed by atoms with Crippen LogP contribution in [0.1, 0.15) is 36.5 Å². The third-order valence-electron chi connectivity index (χ3n) is 5.03. The summed E-state index contributed by atoms with van der Waals surface area (Å²) in [7, 11) is 0. The number of hydrogen-bond acceptors (Lipinski definition) is 3. The summed E-state index contributed by atoms with van der Waals surface area (Å²) in [5, 5.41) is 6.84. The number of nitrogens with one attached hydrogen (secondary N) is 2. The van der Waals surface area contributed by atoms with Crippen LogP contribution >= 0.6 is 0 Å². The number of nitrogens with zero attached hydrogens (tertiary/aromatic N) is 1. The van der Waals surface area contributed by atoms with Crippen LogP contribution in [0.4, 0.5) is 4.39 Å². The molecular weight excluding hydrogens is 405 g/mol. The monoisotopic (exact) mass is 431 g/mol. The first-order valence-electron chi connectivity index (χ1n) is 10.4. The standard InChI is InChI=1S/C26H26FN3O2/c1-18(2)24(26(32)30-28-17-19-13-15-22(27)16-14-19)29-25(31)23(20-9-5-3-6-10-20)21-11-7-4-8-12-21/h3-18,23-24H,1-2H3,(H,29,31)(H,30,32)/b28-17-/t24-/m1/s1. The molecular formula is C26H26FN3O2. The van der Waals surface area contributed by atoms with Gasteiger partial charge in [0.25, 0.3) is 5.91 Å². The Morgan fingerprint density at radius 1 is 0.812 bits per heavy atom. The van der Waals surface area contributed by atoms with Gasteiger partial charge in [-0.25, -0.2) is 9.82 Å². The highest BCUT2D eigenvalue weighted by Crippen LogP contribution is 2.25. The Morgan fingerprint density at radius 2 is 1.34 bits per heavy atom. The fourth-order valence-electron chi connectivity index (χ4n) is 3.35. The maximum Gasteiger partial charge on any atom is 0.262 e. The van der Waals surface area contributed by atoms with E-state index in [2.05, 4.69) is 15.8 Å². The lowest BCUT2D eigenvalue weighted by atomic mass is 9.89. The molecule has 5 nitrogen and oxygen atoms in total. The van der Waals surface area contributed by atoms with Gasteiger partial charge in [-0.15, -0.1) is 0 Å². The maximum atomic E-state index is 13.3. The summed E-state index contributed by atoms with van der Waals surface area (Å²) in [5.41, 5.74) is 4.80. The fraction of sp³-hybridized carbons (Fsp3) is 0.192. The minimum absolute atomic E-state index is 0.160. The van der Waals surface area contributed by atoms with Gasteiger partial charge in [0.15, 0.2) is 0 Å². The van der Waals surface area contributed by atoms with Gasteiger partial charge in [0.2, 0.25) is 5.91 Å². The van der Waals surface area contributed by atoms with Gasteiger partial charge in [-0.05, 0) is 34.7 Å². The van der Waals surface area contributed by atoms with Crippen LogP contribution < -0.4 is 10.7 Å². The van der Waals surface area contributed by atoms with Gasteiger partial charge < -0.3 is 5.32 Å². The van der Waals surface area contributed by atoms with Crippen LogP contribution in [0.15, 0.2) is 90.0 Å². The molecule has 164 valence electrons. The van der Waals surface area contributed by atoms with E-state index in [-0.39, 0.29) is 17.6 Å². The number of hydrazone groups is 1. The molecule has 0 aliphatic rings. The van der Waals surface area contributed by atoms with E-state index < -0.39 is 17.9 Å². The SMILES string of the molecule is CC(C)[C@@H](NC(=O)C(c1ccccc1)c1ccccc1)C(=O)N/N=C\c1ccc(F)cc1. The molecule has 0 saturated carbocycles. The van der Waals surface area contributed by atoms with Crippen molar-refractivity contribution >= 4 is 18.0 Å². The zero-order chi connectivity index (χ0) is 22.9. The number of carbonyl (C=O) groups excluding carboxylic acids is 2. The first-order valence-corrected chi connectivity index (χ1v) is 10.4. The van der Waals surface area contributed by atoms with E-state index in [4.69, 9.17) is 0 Å². The Bertz CT molecular complexity index is 1010. The van der Waals surface area contributed by atoms with E-state index in [9.17, 15) is 14.0 Å². The Morgan fingerprint density at radius 3 is 1.84 bits per heavy atom. The van der Waals surface area contributed by atoms with Gasteiger partial charge in [0.1, 0.15) is 11.9 Å². The van der Waals surface area contributed by atoms with E-state index in [1.54, 1.807) is 12.1 Å². The van der Waals surface area contributed by atoms with E-state index in [1.165, 1.54) is 18.3 Å². The second kappa shape index (κ2) is 11.0. The minimum atomic E-state index is -0.775. The molecule has 3 aromatic carbocycles. The molecule has 0 heterocycles. The summed E-state index contributed by atoms with van der Waals surface area (Å²) in [4.78, 5) is 26.1. The molecule has 0 unspecified atom stereocenters. The second-order valence-electron chi connectivity index (χ2n) is 7.77. The highest BCUT2D eigenvalue weighted by Gasteiger charge is 2.29. The van der Waals surface area contributed by atoms with E-state index in [0.29, 0.717) is 5.56 Å². The van der Waals surface area contributed by atoms with Crippen molar-refractivity contribution in [2.75, 3.05) is 0 Å². The third-order valence-corrected chi connectivity index (χ3v) is 5.03. The van der Waals surface area contributed by atoms with Crippen molar-refractivity contribution in [3.05, 3.63) is 107 Å². The minimum Gasteiger partial charge on any atom is -0.343 e. The van der Waals surface area contributed by atoms with Crippen LogP contribution in [-0.2, 0) is 9.59 Å². The van der Waals surface area contributed by atoms with Gasteiger partial charge >= 0.3 is 0 Å². The fourth-order valence-corrected chi connectivity index (χ4v) is 3.35. The number of benzene rings is 3. The zero-order valence-electron chi connectivity index (χ0n) is 18.0. The van der Waals surface area contributed by atoms with Crippen LogP contribution in [0.5, 0.6) is 0 Å². The molecule has 0 aliphatic carbocycles. The van der Waals surface area contributed by atoms with E-state index in [0.717, 1.165) is 11.1 Å². The first kappa shape index (κ1) is 22.9. The average molecular weight is 432 g/mol. The van der Waals surface area contributed by atoms with Gasteiger partial charge in [0.05, 0.1) is 12.1 Å². The first-order chi connectivity index (χ1) is 15.5. The largest absolute Gasteiger partial charge is 0.343 e. The normalized spacial score (nSPS) is 12.2. The van der Waals surface area contributed by atoms with Gasteiger partial charge in [0, 0.05) is 0 Å². The molecule has 32 heavy (non-hydrogen) atoms. The molecule has 0 radical (unpaired) electrons. The van der Waals surface area contributed by atoms with Crippen LogP contribution in [0.25, 0.3) is 0 Å². The summed E-state index contributed by atoms with van der Waals surface area (Å²) < 4.78 is 13.0. The van der Waals surface area contributed by atoms with Crippen LogP contribution in [0.2, 0.25) is 0 Å². The Hall–Kier alpha value is -3.80. The highest BCUT2D eigenvalue weighted by molar-refractivity contribution is 5.93. The molecule has 0 saturated heterocycles. The molecule has 2 amide bonds. The molecule has 0 aromatic heterocycles. The third kappa shape index (κ3) is 6.11. The van der Waals surface area contributed by atoms with Crippen molar-refractivity contribution in [3.63, 3.8) is 0 Å². The number of carbonyl (C=O) groups is 2. The lowest BCUT2D eigenvalue weighted by Crippen LogP contribution is -2.50. The van der Waals surface area contributed by atoms with Gasteiger partial charge in [-0.3, -0.25) is 9.59 Å². The molecule has 1 atom stereocenters. The topological polar surface area (TPSA) is 70.6 Å². The quantitative estimate of drug-likeness (QED) is 0.414. The van der Waals surface area contributed by atoms with Gasteiger partial charge in [-0.2, -0.15) is 5.10 Å². The molecule has 3 aromatic rings. The van der Waals surface area contributed by atoms with E-state index >= 15 is 0 Å². The summed E-state index contributed by atoms with van der Waals surface area (Å²) in [6, 6.07) is 23.9.